The van der Waals surface area contributed by atoms with Crippen LogP contribution < -0.4 is 5.56 Å². The van der Waals surface area contributed by atoms with Crippen molar-refractivity contribution in [2.45, 2.75) is 20.8 Å². The molecule has 0 radical (unpaired) electrons. The molecule has 0 spiro atoms. The van der Waals surface area contributed by atoms with E-state index in [0.29, 0.717) is 16.6 Å². The number of rotatable bonds is 0. The van der Waals surface area contributed by atoms with Crippen molar-refractivity contribution in [2.75, 3.05) is 0 Å². The molecule has 0 atom stereocenters. The Morgan fingerprint density at radius 3 is 2.67 bits per heavy atom. The van der Waals surface area contributed by atoms with Gasteiger partial charge in [0.25, 0.3) is 5.56 Å². The first-order valence-corrected chi connectivity index (χ1v) is 4.70. The van der Waals surface area contributed by atoms with E-state index in [1.165, 1.54) is 0 Å². The van der Waals surface area contributed by atoms with Gasteiger partial charge >= 0.3 is 0 Å². The number of nitrogens with zero attached hydrogens (tertiary/aromatic N) is 1. The Bertz CT molecular complexity index is 600. The lowest BCUT2D eigenvalue weighted by Crippen LogP contribution is -2.10. The summed E-state index contributed by atoms with van der Waals surface area (Å²) in [7, 11) is 0. The minimum atomic E-state index is -0.294. The van der Waals surface area contributed by atoms with Crippen molar-refractivity contribution in [3.05, 3.63) is 33.2 Å². The number of aromatic amines is 1. The smallest absolute Gasteiger partial charge is 0.256 e. The SMILES string of the molecule is Cc1cc(C)c2c(O)c(C)c(=O)[nH]c2n1. The number of aromatic nitrogens is 2. The monoisotopic (exact) mass is 204 g/mol. The first kappa shape index (κ1) is 9.71. The maximum Gasteiger partial charge on any atom is 0.256 e. The van der Waals surface area contributed by atoms with Gasteiger partial charge in [0.05, 0.1) is 10.9 Å². The summed E-state index contributed by atoms with van der Waals surface area (Å²) in [6.07, 6.45) is 0. The minimum Gasteiger partial charge on any atom is -0.507 e. The molecule has 0 saturated carbocycles. The summed E-state index contributed by atoms with van der Waals surface area (Å²) in [4.78, 5) is 18.3. The van der Waals surface area contributed by atoms with Crippen molar-refractivity contribution in [1.82, 2.24) is 9.97 Å². The summed E-state index contributed by atoms with van der Waals surface area (Å²) < 4.78 is 0. The Kier molecular flexibility index (Phi) is 2.00. The topological polar surface area (TPSA) is 66.0 Å². The number of hydrogen-bond donors (Lipinski definition) is 2. The predicted molar refractivity (Wildman–Crippen MR) is 58.2 cm³/mol. The van der Waals surface area contributed by atoms with Gasteiger partial charge in [-0.2, -0.15) is 0 Å². The maximum absolute atomic E-state index is 11.4. The quantitative estimate of drug-likeness (QED) is 0.684. The van der Waals surface area contributed by atoms with E-state index in [9.17, 15) is 9.90 Å². The van der Waals surface area contributed by atoms with Crippen molar-refractivity contribution < 1.29 is 5.11 Å². The number of aromatic hydroxyl groups is 1. The highest BCUT2D eigenvalue weighted by molar-refractivity contribution is 5.86. The van der Waals surface area contributed by atoms with Crippen molar-refractivity contribution in [3.63, 3.8) is 0 Å². The fourth-order valence-electron chi connectivity index (χ4n) is 1.72. The normalized spacial score (nSPS) is 10.9. The summed E-state index contributed by atoms with van der Waals surface area (Å²) in [5.74, 6) is 0.0266. The van der Waals surface area contributed by atoms with Crippen LogP contribution in [-0.2, 0) is 0 Å². The number of hydrogen-bond acceptors (Lipinski definition) is 3. The van der Waals surface area contributed by atoms with E-state index >= 15 is 0 Å². The second kappa shape index (κ2) is 3.08. The summed E-state index contributed by atoms with van der Waals surface area (Å²) in [6, 6.07) is 1.87. The molecule has 0 unspecified atom stereocenters. The number of pyridine rings is 2. The van der Waals surface area contributed by atoms with Gasteiger partial charge in [-0.25, -0.2) is 4.98 Å². The molecule has 4 nitrogen and oxygen atoms in total. The zero-order valence-corrected chi connectivity index (χ0v) is 8.88. The molecule has 2 aromatic heterocycles. The van der Waals surface area contributed by atoms with Gasteiger partial charge in [0.1, 0.15) is 11.4 Å². The summed E-state index contributed by atoms with van der Waals surface area (Å²) >= 11 is 0. The zero-order valence-electron chi connectivity index (χ0n) is 8.88. The molecule has 0 aliphatic heterocycles. The Morgan fingerprint density at radius 1 is 1.33 bits per heavy atom. The van der Waals surface area contributed by atoms with Crippen LogP contribution in [0.3, 0.4) is 0 Å². The average Bonchev–Trinajstić information content (AvgIpc) is 2.13. The Labute approximate surface area is 86.6 Å². The molecule has 0 saturated heterocycles. The van der Waals surface area contributed by atoms with Crippen LogP contribution >= 0.6 is 0 Å². The molecule has 2 rings (SSSR count). The Hall–Kier alpha value is -1.84. The van der Waals surface area contributed by atoms with Gasteiger partial charge in [0.2, 0.25) is 0 Å². The summed E-state index contributed by atoms with van der Waals surface area (Å²) in [6.45, 7) is 5.32. The van der Waals surface area contributed by atoms with Crippen molar-refractivity contribution in [3.8, 4) is 5.75 Å². The van der Waals surface area contributed by atoms with Crippen LogP contribution in [0.4, 0.5) is 0 Å². The standard InChI is InChI=1S/C11H12N2O2/c1-5-4-6(2)12-10-8(5)9(14)7(3)11(15)13-10/h4H,1-3H3,(H2,12,13,14,15). The van der Waals surface area contributed by atoms with E-state index in [2.05, 4.69) is 9.97 Å². The van der Waals surface area contributed by atoms with Gasteiger partial charge in [-0.05, 0) is 32.4 Å². The van der Waals surface area contributed by atoms with E-state index in [0.717, 1.165) is 11.3 Å². The van der Waals surface area contributed by atoms with Gasteiger partial charge in [-0.15, -0.1) is 0 Å². The Balaban J connectivity index is 3.05. The third-order valence-electron chi connectivity index (χ3n) is 2.51. The van der Waals surface area contributed by atoms with Crippen LogP contribution in [0.25, 0.3) is 11.0 Å². The van der Waals surface area contributed by atoms with Gasteiger partial charge in [0, 0.05) is 5.69 Å². The molecule has 0 fully saturated rings. The fourth-order valence-corrected chi connectivity index (χ4v) is 1.72. The molecule has 0 amide bonds. The first-order chi connectivity index (χ1) is 7.00. The van der Waals surface area contributed by atoms with Crippen LogP contribution in [0.2, 0.25) is 0 Å². The number of aryl methyl sites for hydroxylation is 2. The second-order valence-electron chi connectivity index (χ2n) is 3.73. The number of nitrogens with one attached hydrogen (secondary N) is 1. The first-order valence-electron chi connectivity index (χ1n) is 4.70. The third-order valence-corrected chi connectivity index (χ3v) is 2.51. The van der Waals surface area contributed by atoms with E-state index < -0.39 is 0 Å². The number of fused-ring (bicyclic) bond motifs is 1. The van der Waals surface area contributed by atoms with E-state index in [-0.39, 0.29) is 11.3 Å². The van der Waals surface area contributed by atoms with Crippen LogP contribution in [-0.4, -0.2) is 15.1 Å². The molecule has 0 bridgehead atoms. The Morgan fingerprint density at radius 2 is 2.00 bits per heavy atom. The van der Waals surface area contributed by atoms with E-state index in [4.69, 9.17) is 0 Å². The number of H-pyrrole nitrogens is 1. The van der Waals surface area contributed by atoms with Crippen molar-refractivity contribution in [2.24, 2.45) is 0 Å². The van der Waals surface area contributed by atoms with Gasteiger partial charge in [-0.3, -0.25) is 4.79 Å². The van der Waals surface area contributed by atoms with Crippen molar-refractivity contribution in [1.29, 1.82) is 0 Å². The van der Waals surface area contributed by atoms with Gasteiger partial charge in [-0.1, -0.05) is 0 Å². The highest BCUT2D eigenvalue weighted by Crippen LogP contribution is 2.26. The molecule has 15 heavy (non-hydrogen) atoms. The lowest BCUT2D eigenvalue weighted by atomic mass is 10.1. The van der Waals surface area contributed by atoms with Crippen LogP contribution in [0.1, 0.15) is 16.8 Å². The summed E-state index contributed by atoms with van der Waals surface area (Å²) in [5.41, 5.74) is 2.21. The van der Waals surface area contributed by atoms with Crippen molar-refractivity contribution >= 4 is 11.0 Å². The van der Waals surface area contributed by atoms with Crippen LogP contribution in [0.15, 0.2) is 10.9 Å². The fraction of sp³-hybridized carbons (Fsp3) is 0.273. The lowest BCUT2D eigenvalue weighted by Gasteiger charge is -2.07. The summed E-state index contributed by atoms with van der Waals surface area (Å²) in [5, 5.41) is 10.5. The average molecular weight is 204 g/mol. The molecule has 2 N–H and O–H groups in total. The van der Waals surface area contributed by atoms with E-state index in [1.807, 2.05) is 19.9 Å². The minimum absolute atomic E-state index is 0.0266. The third kappa shape index (κ3) is 1.38. The molecule has 2 aromatic rings. The molecule has 2 heterocycles. The van der Waals surface area contributed by atoms with Crippen LogP contribution in [0, 0.1) is 20.8 Å². The molecule has 0 aromatic carbocycles. The second-order valence-corrected chi connectivity index (χ2v) is 3.73. The highest BCUT2D eigenvalue weighted by Gasteiger charge is 2.11. The van der Waals surface area contributed by atoms with E-state index in [1.54, 1.807) is 6.92 Å². The lowest BCUT2D eigenvalue weighted by molar-refractivity contribution is 0.475. The molecular formula is C11H12N2O2. The molecular weight excluding hydrogens is 192 g/mol. The molecule has 4 heteroatoms. The maximum atomic E-state index is 11.4. The zero-order chi connectivity index (χ0) is 11.2. The van der Waals surface area contributed by atoms with Gasteiger partial charge < -0.3 is 10.1 Å². The molecule has 0 aliphatic rings. The highest BCUT2D eigenvalue weighted by atomic mass is 16.3. The van der Waals surface area contributed by atoms with Crippen LogP contribution in [0.5, 0.6) is 5.75 Å². The van der Waals surface area contributed by atoms with Gasteiger partial charge in [0.15, 0.2) is 0 Å². The molecule has 0 aliphatic carbocycles. The largest absolute Gasteiger partial charge is 0.507 e. The predicted octanol–water partition coefficient (Wildman–Crippen LogP) is 1.55. The molecule has 78 valence electrons.